The number of pyridine rings is 1. The average molecular weight is 255 g/mol. The Bertz CT molecular complexity index is 832. The first-order valence-corrected chi connectivity index (χ1v) is 5.59. The number of aromatic nitrogens is 1. The van der Waals surface area contributed by atoms with Gasteiger partial charge in [0.1, 0.15) is 0 Å². The van der Waals surface area contributed by atoms with Crippen molar-refractivity contribution in [3.8, 4) is 0 Å². The summed E-state index contributed by atoms with van der Waals surface area (Å²) in [4.78, 5) is 22.4. The minimum atomic E-state index is -1.04. The molecule has 2 heterocycles. The van der Waals surface area contributed by atoms with E-state index in [2.05, 4.69) is 0 Å². The highest BCUT2D eigenvalue weighted by molar-refractivity contribution is 6.11. The summed E-state index contributed by atoms with van der Waals surface area (Å²) in [6, 6.07) is 9.65. The molecule has 0 radical (unpaired) electrons. The first kappa shape index (κ1) is 11.3. The highest BCUT2D eigenvalue weighted by atomic mass is 16.4. The van der Waals surface area contributed by atoms with Crippen molar-refractivity contribution in [2.24, 2.45) is 0 Å². The Kier molecular flexibility index (Phi) is 2.28. The number of nitrogens with zero attached hydrogens (tertiary/aromatic N) is 1. The standard InChI is InChI=1S/C14H9NO4/c16-13(17)8-4-5-9-11(7-8)15-6-2-1-3-10(15)12(9)14(18)19/h1-7H,(H,16,17)(H,18,19). The molecule has 3 rings (SSSR count). The van der Waals surface area contributed by atoms with Gasteiger partial charge in [-0.25, -0.2) is 9.59 Å². The molecule has 0 unspecified atom stereocenters. The van der Waals surface area contributed by atoms with Gasteiger partial charge in [-0.3, -0.25) is 0 Å². The maximum Gasteiger partial charge on any atom is 0.338 e. The van der Waals surface area contributed by atoms with Gasteiger partial charge >= 0.3 is 11.9 Å². The Labute approximate surface area is 107 Å². The molecule has 1 aromatic carbocycles. The molecule has 94 valence electrons. The number of hydrogen-bond donors (Lipinski definition) is 2. The third kappa shape index (κ3) is 1.55. The molecule has 5 nitrogen and oxygen atoms in total. The fourth-order valence-electron chi connectivity index (χ4n) is 2.30. The molecule has 0 amide bonds. The van der Waals surface area contributed by atoms with Gasteiger partial charge in [0.2, 0.25) is 0 Å². The Balaban J connectivity index is 2.52. The SMILES string of the molecule is O=C(O)c1ccc2c(C(=O)O)c3ccccn3c2c1. The summed E-state index contributed by atoms with van der Waals surface area (Å²) in [6.07, 6.45) is 1.72. The molecule has 0 spiro atoms. The molecule has 0 atom stereocenters. The zero-order valence-electron chi connectivity index (χ0n) is 9.70. The van der Waals surface area contributed by atoms with Crippen LogP contribution in [0.3, 0.4) is 0 Å². The molecule has 0 aliphatic carbocycles. The van der Waals surface area contributed by atoms with Crippen LogP contribution < -0.4 is 0 Å². The number of carboxylic acids is 2. The van der Waals surface area contributed by atoms with Crippen LogP contribution in [-0.4, -0.2) is 26.6 Å². The predicted molar refractivity (Wildman–Crippen MR) is 68.8 cm³/mol. The number of aromatic carboxylic acids is 2. The molecule has 0 bridgehead atoms. The van der Waals surface area contributed by atoms with Crippen molar-refractivity contribution in [1.29, 1.82) is 0 Å². The van der Waals surface area contributed by atoms with Crippen LogP contribution in [0.4, 0.5) is 0 Å². The molecule has 0 fully saturated rings. The number of carboxylic acid groups (broad SMARTS) is 2. The molecule has 3 aromatic rings. The van der Waals surface area contributed by atoms with Crippen molar-refractivity contribution in [3.63, 3.8) is 0 Å². The lowest BCUT2D eigenvalue weighted by atomic mass is 10.1. The van der Waals surface area contributed by atoms with Gasteiger partial charge in [0.25, 0.3) is 0 Å². The maximum atomic E-state index is 11.4. The van der Waals surface area contributed by atoms with Crippen LogP contribution >= 0.6 is 0 Å². The number of rotatable bonds is 2. The molecule has 0 aliphatic heterocycles. The predicted octanol–water partition coefficient (Wildman–Crippen LogP) is 2.49. The maximum absolute atomic E-state index is 11.4. The third-order valence-corrected chi connectivity index (χ3v) is 3.10. The Morgan fingerprint density at radius 3 is 2.42 bits per heavy atom. The fourth-order valence-corrected chi connectivity index (χ4v) is 2.30. The van der Waals surface area contributed by atoms with Gasteiger partial charge in [-0.05, 0) is 24.3 Å². The smallest absolute Gasteiger partial charge is 0.338 e. The van der Waals surface area contributed by atoms with E-state index in [1.54, 1.807) is 28.8 Å². The number of benzene rings is 1. The van der Waals surface area contributed by atoms with E-state index in [-0.39, 0.29) is 11.1 Å². The van der Waals surface area contributed by atoms with E-state index in [0.717, 1.165) is 0 Å². The van der Waals surface area contributed by atoms with E-state index >= 15 is 0 Å². The second-order valence-corrected chi connectivity index (χ2v) is 4.17. The highest BCUT2D eigenvalue weighted by Gasteiger charge is 2.18. The summed E-state index contributed by atoms with van der Waals surface area (Å²) >= 11 is 0. The molecule has 0 saturated heterocycles. The minimum Gasteiger partial charge on any atom is -0.478 e. The van der Waals surface area contributed by atoms with Gasteiger partial charge < -0.3 is 14.6 Å². The zero-order chi connectivity index (χ0) is 13.6. The molecular formula is C14H9NO4. The quantitative estimate of drug-likeness (QED) is 0.737. The monoisotopic (exact) mass is 255 g/mol. The highest BCUT2D eigenvalue weighted by Crippen LogP contribution is 2.27. The minimum absolute atomic E-state index is 0.132. The van der Waals surface area contributed by atoms with Gasteiger partial charge in [-0.2, -0.15) is 0 Å². The van der Waals surface area contributed by atoms with E-state index in [9.17, 15) is 14.7 Å². The van der Waals surface area contributed by atoms with E-state index in [1.807, 2.05) is 0 Å². The first-order chi connectivity index (χ1) is 9.09. The van der Waals surface area contributed by atoms with Gasteiger partial charge in [0.15, 0.2) is 0 Å². The van der Waals surface area contributed by atoms with Gasteiger partial charge in [-0.1, -0.05) is 12.1 Å². The second-order valence-electron chi connectivity index (χ2n) is 4.17. The molecule has 19 heavy (non-hydrogen) atoms. The molecule has 0 aliphatic rings. The Morgan fingerprint density at radius 2 is 1.74 bits per heavy atom. The van der Waals surface area contributed by atoms with Crippen LogP contribution in [-0.2, 0) is 0 Å². The summed E-state index contributed by atoms with van der Waals surface area (Å²) in [5, 5.41) is 18.9. The molecule has 5 heteroatoms. The lowest BCUT2D eigenvalue weighted by Crippen LogP contribution is -1.96. The summed E-state index contributed by atoms with van der Waals surface area (Å²) in [5.41, 5.74) is 1.45. The van der Waals surface area contributed by atoms with Crippen molar-refractivity contribution in [1.82, 2.24) is 4.40 Å². The topological polar surface area (TPSA) is 79.0 Å². The van der Waals surface area contributed by atoms with E-state index in [1.165, 1.54) is 18.2 Å². The van der Waals surface area contributed by atoms with Gasteiger partial charge in [-0.15, -0.1) is 0 Å². The summed E-state index contributed by atoms with van der Waals surface area (Å²) < 4.78 is 1.69. The van der Waals surface area contributed by atoms with E-state index in [4.69, 9.17) is 5.11 Å². The fraction of sp³-hybridized carbons (Fsp3) is 0. The van der Waals surface area contributed by atoms with Crippen molar-refractivity contribution < 1.29 is 19.8 Å². The van der Waals surface area contributed by atoms with Gasteiger partial charge in [0, 0.05) is 11.6 Å². The number of carbonyl (C=O) groups is 2. The summed E-state index contributed by atoms with van der Waals surface area (Å²) in [7, 11) is 0. The van der Waals surface area contributed by atoms with Gasteiger partial charge in [0.05, 0.1) is 22.2 Å². The second kappa shape index (κ2) is 3.84. The van der Waals surface area contributed by atoms with Crippen LogP contribution in [0.2, 0.25) is 0 Å². The summed E-state index contributed by atoms with van der Waals surface area (Å²) in [6.45, 7) is 0. The molecule has 2 aromatic heterocycles. The Hall–Kier alpha value is -2.82. The van der Waals surface area contributed by atoms with Crippen LogP contribution in [0, 0.1) is 0 Å². The van der Waals surface area contributed by atoms with Crippen molar-refractivity contribution in [2.75, 3.05) is 0 Å². The normalized spacial score (nSPS) is 10.9. The number of fused-ring (bicyclic) bond motifs is 3. The van der Waals surface area contributed by atoms with Crippen LogP contribution in [0.25, 0.3) is 16.4 Å². The molecule has 0 saturated carbocycles. The number of hydrogen-bond acceptors (Lipinski definition) is 2. The lowest BCUT2D eigenvalue weighted by Gasteiger charge is -1.97. The van der Waals surface area contributed by atoms with Crippen molar-refractivity contribution in [3.05, 3.63) is 53.7 Å². The van der Waals surface area contributed by atoms with Crippen LogP contribution in [0.5, 0.6) is 0 Å². The van der Waals surface area contributed by atoms with Crippen molar-refractivity contribution >= 4 is 28.4 Å². The van der Waals surface area contributed by atoms with Crippen molar-refractivity contribution in [2.45, 2.75) is 0 Å². The summed E-state index contributed by atoms with van der Waals surface area (Å²) in [5.74, 6) is -2.06. The first-order valence-electron chi connectivity index (χ1n) is 5.59. The van der Waals surface area contributed by atoms with E-state index in [0.29, 0.717) is 16.4 Å². The largest absolute Gasteiger partial charge is 0.478 e. The lowest BCUT2D eigenvalue weighted by molar-refractivity contribution is 0.0688. The van der Waals surface area contributed by atoms with Crippen LogP contribution in [0.15, 0.2) is 42.6 Å². The van der Waals surface area contributed by atoms with E-state index < -0.39 is 11.9 Å². The third-order valence-electron chi connectivity index (χ3n) is 3.10. The molecule has 2 N–H and O–H groups in total. The average Bonchev–Trinajstić information content (AvgIpc) is 2.72. The van der Waals surface area contributed by atoms with Crippen LogP contribution in [0.1, 0.15) is 20.7 Å². The zero-order valence-corrected chi connectivity index (χ0v) is 9.70. The Morgan fingerprint density at radius 1 is 0.947 bits per heavy atom. The molecular weight excluding hydrogens is 246 g/mol.